The van der Waals surface area contributed by atoms with Gasteiger partial charge < -0.3 is 4.90 Å². The molecule has 0 spiro atoms. The lowest BCUT2D eigenvalue weighted by atomic mass is 10.0. The van der Waals surface area contributed by atoms with E-state index in [1.54, 1.807) is 0 Å². The Morgan fingerprint density at radius 1 is 0.857 bits per heavy atom. The molecule has 21 heavy (non-hydrogen) atoms. The average Bonchev–Trinajstić information content (AvgIpc) is 2.53. The van der Waals surface area contributed by atoms with Gasteiger partial charge in [-0.2, -0.15) is 0 Å². The van der Waals surface area contributed by atoms with Gasteiger partial charge in [-0.25, -0.2) is 0 Å². The molecule has 1 atom stereocenters. The Balaban J connectivity index is 2.06. The Kier molecular flexibility index (Phi) is 4.44. The zero-order valence-corrected chi connectivity index (χ0v) is 14.2. The predicted molar refractivity (Wildman–Crippen MR) is 99.3 cm³/mol. The molecule has 2 heteroatoms. The van der Waals surface area contributed by atoms with Crippen molar-refractivity contribution in [2.75, 3.05) is 4.90 Å². The summed E-state index contributed by atoms with van der Waals surface area (Å²) < 4.78 is 0.567. The molecule has 1 unspecified atom stereocenters. The van der Waals surface area contributed by atoms with Gasteiger partial charge in [-0.3, -0.25) is 0 Å². The van der Waals surface area contributed by atoms with Crippen molar-refractivity contribution in [3.05, 3.63) is 84.1 Å². The van der Waals surface area contributed by atoms with Crippen LogP contribution in [0.1, 0.15) is 13.3 Å². The molecule has 1 aliphatic rings. The van der Waals surface area contributed by atoms with Crippen LogP contribution >= 0.6 is 22.6 Å². The zero-order chi connectivity index (χ0) is 14.7. The maximum atomic E-state index is 2.53. The van der Waals surface area contributed by atoms with Gasteiger partial charge >= 0.3 is 0 Å². The van der Waals surface area contributed by atoms with Crippen molar-refractivity contribution in [3.63, 3.8) is 0 Å². The smallest absolute Gasteiger partial charge is 0.0458 e. The molecular weight excluding hydrogens is 369 g/mol. The largest absolute Gasteiger partial charge is 0.314 e. The first-order valence-electron chi connectivity index (χ1n) is 7.17. The summed E-state index contributed by atoms with van der Waals surface area (Å²) in [5.41, 5.74) is 5.22. The summed E-state index contributed by atoms with van der Waals surface area (Å²) in [6.07, 6.45) is 5.56. The fraction of sp³-hybridized carbons (Fsp3) is 0.158. The van der Waals surface area contributed by atoms with Crippen molar-refractivity contribution >= 4 is 34.0 Å². The maximum Gasteiger partial charge on any atom is 0.0458 e. The molecule has 0 heterocycles. The van der Waals surface area contributed by atoms with Gasteiger partial charge in [0.05, 0.1) is 0 Å². The van der Waals surface area contributed by atoms with Crippen LogP contribution in [0.25, 0.3) is 0 Å². The molecule has 0 saturated heterocycles. The van der Waals surface area contributed by atoms with E-state index in [1.807, 2.05) is 0 Å². The lowest BCUT2D eigenvalue weighted by molar-refractivity contribution is 0.912. The molecule has 106 valence electrons. The molecule has 0 radical (unpaired) electrons. The number of alkyl halides is 1. The Morgan fingerprint density at radius 3 is 1.86 bits per heavy atom. The summed E-state index contributed by atoms with van der Waals surface area (Å²) in [4.78, 5) is 2.36. The molecule has 2 aromatic rings. The van der Waals surface area contributed by atoms with Gasteiger partial charge in [0, 0.05) is 27.4 Å². The van der Waals surface area contributed by atoms with Crippen molar-refractivity contribution in [1.82, 2.24) is 0 Å². The van der Waals surface area contributed by atoms with Gasteiger partial charge in [-0.15, -0.1) is 0 Å². The van der Waals surface area contributed by atoms with E-state index in [-0.39, 0.29) is 0 Å². The van der Waals surface area contributed by atoms with E-state index in [0.717, 1.165) is 6.42 Å². The van der Waals surface area contributed by atoms with Crippen LogP contribution in [0.15, 0.2) is 84.1 Å². The normalized spacial score (nSPS) is 17.9. The third kappa shape index (κ3) is 3.21. The summed E-state index contributed by atoms with van der Waals surface area (Å²) >= 11 is 2.53. The van der Waals surface area contributed by atoms with Gasteiger partial charge in [0.15, 0.2) is 0 Å². The lowest BCUT2D eigenvalue weighted by Gasteiger charge is -2.31. The van der Waals surface area contributed by atoms with E-state index in [4.69, 9.17) is 0 Å². The molecular formula is C19H18IN. The standard InChI is InChI=1S/C19H18IN/c1-15-12-13-18(14-19(15)20)21(16-8-4-2-5-9-16)17-10-6-3-7-11-17/h2-13,19H,14H2,1H3. The summed E-state index contributed by atoms with van der Waals surface area (Å²) in [5.74, 6) is 0. The minimum Gasteiger partial charge on any atom is -0.314 e. The monoisotopic (exact) mass is 387 g/mol. The minimum absolute atomic E-state index is 0.567. The van der Waals surface area contributed by atoms with E-state index in [0.29, 0.717) is 3.92 Å². The first kappa shape index (κ1) is 14.4. The summed E-state index contributed by atoms with van der Waals surface area (Å²) in [6, 6.07) is 21.2. The van der Waals surface area contributed by atoms with E-state index >= 15 is 0 Å². The Hall–Kier alpha value is -1.55. The van der Waals surface area contributed by atoms with Crippen LogP contribution in [0.3, 0.4) is 0 Å². The van der Waals surface area contributed by atoms with Crippen LogP contribution in [0, 0.1) is 0 Å². The first-order valence-corrected chi connectivity index (χ1v) is 8.42. The van der Waals surface area contributed by atoms with Crippen molar-refractivity contribution in [2.45, 2.75) is 17.3 Å². The third-order valence-corrected chi connectivity index (χ3v) is 5.16. The number of para-hydroxylation sites is 2. The number of benzene rings is 2. The van der Waals surface area contributed by atoms with Crippen LogP contribution in [0.4, 0.5) is 11.4 Å². The van der Waals surface area contributed by atoms with Gasteiger partial charge in [0.2, 0.25) is 0 Å². The van der Waals surface area contributed by atoms with Gasteiger partial charge in [-0.1, -0.05) is 70.6 Å². The summed E-state index contributed by atoms with van der Waals surface area (Å²) in [7, 11) is 0. The first-order chi connectivity index (χ1) is 10.3. The van der Waals surface area contributed by atoms with Crippen molar-refractivity contribution < 1.29 is 0 Å². The second kappa shape index (κ2) is 6.48. The number of hydrogen-bond acceptors (Lipinski definition) is 1. The molecule has 0 aliphatic heterocycles. The van der Waals surface area contributed by atoms with Gasteiger partial charge in [0.25, 0.3) is 0 Å². The van der Waals surface area contributed by atoms with Crippen molar-refractivity contribution in [2.24, 2.45) is 0 Å². The number of allylic oxidation sites excluding steroid dienone is 4. The molecule has 1 nitrogen and oxygen atoms in total. The number of nitrogens with zero attached hydrogens (tertiary/aromatic N) is 1. The van der Waals surface area contributed by atoms with E-state index in [1.165, 1.54) is 22.6 Å². The van der Waals surface area contributed by atoms with Crippen LogP contribution in [0.5, 0.6) is 0 Å². The van der Waals surface area contributed by atoms with Gasteiger partial charge in [-0.05, 0) is 37.3 Å². The molecule has 0 saturated carbocycles. The molecule has 3 rings (SSSR count). The van der Waals surface area contributed by atoms with Crippen molar-refractivity contribution in [3.8, 4) is 0 Å². The molecule has 2 aromatic carbocycles. The molecule has 0 N–H and O–H groups in total. The molecule has 0 fully saturated rings. The van der Waals surface area contributed by atoms with E-state index < -0.39 is 0 Å². The van der Waals surface area contributed by atoms with Crippen LogP contribution in [0.2, 0.25) is 0 Å². The highest BCUT2D eigenvalue weighted by Gasteiger charge is 2.20. The highest BCUT2D eigenvalue weighted by atomic mass is 127. The highest BCUT2D eigenvalue weighted by Crippen LogP contribution is 2.35. The second-order valence-electron chi connectivity index (χ2n) is 5.25. The fourth-order valence-corrected chi connectivity index (χ4v) is 3.20. The average molecular weight is 387 g/mol. The maximum absolute atomic E-state index is 2.53. The van der Waals surface area contributed by atoms with Crippen LogP contribution < -0.4 is 4.90 Å². The number of halogens is 1. The van der Waals surface area contributed by atoms with Crippen molar-refractivity contribution in [1.29, 1.82) is 0 Å². The van der Waals surface area contributed by atoms with Crippen LogP contribution in [-0.4, -0.2) is 3.92 Å². The zero-order valence-electron chi connectivity index (χ0n) is 12.0. The lowest BCUT2D eigenvalue weighted by Crippen LogP contribution is -2.21. The minimum atomic E-state index is 0.567. The predicted octanol–water partition coefficient (Wildman–Crippen LogP) is 5.86. The third-order valence-electron chi connectivity index (χ3n) is 3.74. The quantitative estimate of drug-likeness (QED) is 0.471. The number of anilines is 2. The molecule has 0 amide bonds. The summed E-state index contributed by atoms with van der Waals surface area (Å²) in [5, 5.41) is 0. The second-order valence-corrected chi connectivity index (χ2v) is 6.75. The van der Waals surface area contributed by atoms with E-state index in [2.05, 4.69) is 107 Å². The topological polar surface area (TPSA) is 3.24 Å². The van der Waals surface area contributed by atoms with Crippen LogP contribution in [-0.2, 0) is 0 Å². The molecule has 0 aromatic heterocycles. The summed E-state index contributed by atoms with van der Waals surface area (Å²) in [6.45, 7) is 2.21. The Labute approximate surface area is 140 Å². The Morgan fingerprint density at radius 2 is 1.38 bits per heavy atom. The van der Waals surface area contributed by atoms with E-state index in [9.17, 15) is 0 Å². The highest BCUT2D eigenvalue weighted by molar-refractivity contribution is 14.1. The molecule has 0 bridgehead atoms. The van der Waals surface area contributed by atoms with Gasteiger partial charge in [0.1, 0.15) is 0 Å². The number of hydrogen-bond donors (Lipinski definition) is 0. The fourth-order valence-electron chi connectivity index (χ4n) is 2.55. The number of rotatable bonds is 3. The molecule has 1 aliphatic carbocycles. The Bertz CT molecular complexity index is 619. The SMILES string of the molecule is CC1=CC=C(N(c2ccccc2)c2ccccc2)CC1I.